The first-order valence-electron chi connectivity index (χ1n) is 7.01. The molecule has 2 fully saturated rings. The highest BCUT2D eigenvalue weighted by Gasteiger charge is 2.50. The van der Waals surface area contributed by atoms with Gasteiger partial charge in [-0.25, -0.2) is 4.79 Å². The zero-order chi connectivity index (χ0) is 15.9. The molecule has 0 radical (unpaired) electrons. The van der Waals surface area contributed by atoms with Crippen LogP contribution < -0.4 is 5.32 Å². The van der Waals surface area contributed by atoms with Crippen LogP contribution in [0.4, 0.5) is 0 Å². The van der Waals surface area contributed by atoms with E-state index >= 15 is 0 Å². The van der Waals surface area contributed by atoms with E-state index in [1.807, 2.05) is 6.07 Å². The number of amides is 1. The van der Waals surface area contributed by atoms with Crippen molar-refractivity contribution in [1.29, 1.82) is 0 Å². The van der Waals surface area contributed by atoms with Crippen molar-refractivity contribution in [3.8, 4) is 0 Å². The van der Waals surface area contributed by atoms with Crippen molar-refractivity contribution < 1.29 is 14.7 Å². The number of carboxylic acid groups (broad SMARTS) is 1. The number of thioether (sulfide) groups is 1. The van der Waals surface area contributed by atoms with Gasteiger partial charge in [-0.2, -0.15) is 11.8 Å². The fourth-order valence-corrected chi connectivity index (χ4v) is 4.72. The monoisotopic (exact) mass is 359 g/mol. The van der Waals surface area contributed by atoms with Crippen LogP contribution in [0.25, 0.3) is 0 Å². The van der Waals surface area contributed by atoms with Crippen molar-refractivity contribution in [1.82, 2.24) is 5.32 Å². The number of nitrogens with one attached hydrogen (secondary N) is 1. The summed E-state index contributed by atoms with van der Waals surface area (Å²) >= 11 is 13.6. The third-order valence-corrected chi connectivity index (χ3v) is 6.03. The molecule has 3 rings (SSSR count). The molecule has 1 heterocycles. The smallest absolute Gasteiger partial charge is 0.330 e. The lowest BCUT2D eigenvalue weighted by Crippen LogP contribution is -2.55. The maximum Gasteiger partial charge on any atom is 0.330 e. The van der Waals surface area contributed by atoms with Crippen molar-refractivity contribution >= 4 is 46.8 Å². The van der Waals surface area contributed by atoms with E-state index < -0.39 is 11.5 Å². The van der Waals surface area contributed by atoms with Gasteiger partial charge in [-0.3, -0.25) is 4.79 Å². The van der Waals surface area contributed by atoms with E-state index in [0.29, 0.717) is 28.6 Å². The average molecular weight is 360 g/mol. The highest BCUT2D eigenvalue weighted by Crippen LogP contribution is 2.50. The summed E-state index contributed by atoms with van der Waals surface area (Å²) in [6.45, 7) is 0. The van der Waals surface area contributed by atoms with E-state index in [1.54, 1.807) is 23.9 Å². The molecule has 1 aliphatic carbocycles. The van der Waals surface area contributed by atoms with Crippen molar-refractivity contribution in [2.75, 3.05) is 11.5 Å². The highest BCUT2D eigenvalue weighted by molar-refractivity contribution is 7.99. The van der Waals surface area contributed by atoms with Crippen molar-refractivity contribution in [2.24, 2.45) is 5.92 Å². The molecule has 2 aliphatic rings. The molecule has 7 heteroatoms. The van der Waals surface area contributed by atoms with Crippen LogP contribution in [-0.4, -0.2) is 34.0 Å². The molecule has 1 aliphatic heterocycles. The Kier molecular flexibility index (Phi) is 4.32. The first-order valence-corrected chi connectivity index (χ1v) is 8.92. The Morgan fingerprint density at radius 3 is 2.73 bits per heavy atom. The predicted octanol–water partition coefficient (Wildman–Crippen LogP) is 3.17. The minimum Gasteiger partial charge on any atom is -0.479 e. The van der Waals surface area contributed by atoms with Crippen LogP contribution in [0.3, 0.4) is 0 Å². The summed E-state index contributed by atoms with van der Waals surface area (Å²) < 4.78 is 0. The summed E-state index contributed by atoms with van der Waals surface area (Å²) in [5, 5.41) is 13.3. The van der Waals surface area contributed by atoms with E-state index in [4.69, 9.17) is 23.2 Å². The van der Waals surface area contributed by atoms with Crippen molar-refractivity contribution in [2.45, 2.75) is 24.3 Å². The number of hydrogen-bond donors (Lipinski definition) is 2. The lowest BCUT2D eigenvalue weighted by molar-refractivity contribution is -0.146. The second-order valence-corrected chi connectivity index (χ2v) is 7.74. The highest BCUT2D eigenvalue weighted by atomic mass is 35.5. The largest absolute Gasteiger partial charge is 0.479 e. The Morgan fingerprint density at radius 2 is 2.14 bits per heavy atom. The predicted molar refractivity (Wildman–Crippen MR) is 87.8 cm³/mol. The molecule has 4 nitrogen and oxygen atoms in total. The summed E-state index contributed by atoms with van der Waals surface area (Å²) in [6, 6.07) is 5.25. The normalized spacial score (nSPS) is 30.1. The topological polar surface area (TPSA) is 66.4 Å². The van der Waals surface area contributed by atoms with Crippen molar-refractivity contribution in [3.63, 3.8) is 0 Å². The minimum absolute atomic E-state index is 0.0460. The SMILES string of the molecule is O=C(NC1(C(=O)O)CCSC1)C1CC1c1ccc(Cl)cc1Cl. The number of aliphatic carboxylic acids is 1. The summed E-state index contributed by atoms with van der Waals surface area (Å²) in [5.41, 5.74) is -0.213. The lowest BCUT2D eigenvalue weighted by atomic mass is 9.98. The fraction of sp³-hybridized carbons (Fsp3) is 0.467. The molecule has 0 aromatic heterocycles. The molecule has 118 valence electrons. The molecule has 22 heavy (non-hydrogen) atoms. The van der Waals surface area contributed by atoms with Gasteiger partial charge >= 0.3 is 5.97 Å². The Morgan fingerprint density at radius 1 is 1.36 bits per heavy atom. The Hall–Kier alpha value is -0.910. The Bertz CT molecular complexity index is 631. The molecule has 1 saturated carbocycles. The van der Waals surface area contributed by atoms with Gasteiger partial charge in [0.05, 0.1) is 0 Å². The van der Waals surface area contributed by atoms with Gasteiger partial charge in [-0.1, -0.05) is 29.3 Å². The van der Waals surface area contributed by atoms with Gasteiger partial charge in [0.2, 0.25) is 5.91 Å². The van der Waals surface area contributed by atoms with Gasteiger partial charge in [0, 0.05) is 21.7 Å². The second-order valence-electron chi connectivity index (χ2n) is 5.79. The molecule has 1 aromatic rings. The quantitative estimate of drug-likeness (QED) is 0.866. The number of benzene rings is 1. The number of carbonyl (C=O) groups is 2. The molecular formula is C15H15Cl2NO3S. The zero-order valence-corrected chi connectivity index (χ0v) is 14.0. The molecule has 1 saturated heterocycles. The number of rotatable bonds is 4. The third kappa shape index (κ3) is 2.94. The van der Waals surface area contributed by atoms with Crippen LogP contribution in [0.5, 0.6) is 0 Å². The maximum absolute atomic E-state index is 12.4. The van der Waals surface area contributed by atoms with Gasteiger partial charge in [0.25, 0.3) is 0 Å². The van der Waals surface area contributed by atoms with Crippen LogP contribution in [0, 0.1) is 5.92 Å². The molecule has 0 spiro atoms. The summed E-state index contributed by atoms with van der Waals surface area (Å²) in [4.78, 5) is 23.9. The van der Waals surface area contributed by atoms with E-state index in [1.165, 1.54) is 0 Å². The van der Waals surface area contributed by atoms with Gasteiger partial charge < -0.3 is 10.4 Å². The van der Waals surface area contributed by atoms with E-state index in [2.05, 4.69) is 5.32 Å². The molecule has 3 atom stereocenters. The molecule has 1 aromatic carbocycles. The van der Waals surface area contributed by atoms with E-state index in [9.17, 15) is 14.7 Å². The molecule has 0 bridgehead atoms. The first-order chi connectivity index (χ1) is 10.4. The number of halogens is 2. The van der Waals surface area contributed by atoms with E-state index in [-0.39, 0.29) is 17.7 Å². The van der Waals surface area contributed by atoms with E-state index in [0.717, 1.165) is 11.3 Å². The van der Waals surface area contributed by atoms with Gasteiger partial charge in [-0.15, -0.1) is 0 Å². The van der Waals surface area contributed by atoms with Gasteiger partial charge in [0.15, 0.2) is 0 Å². The second kappa shape index (κ2) is 5.95. The fourth-order valence-electron chi connectivity index (χ4n) is 2.84. The number of hydrogen-bond acceptors (Lipinski definition) is 3. The van der Waals surface area contributed by atoms with Crippen LogP contribution in [0.1, 0.15) is 24.3 Å². The van der Waals surface area contributed by atoms with Crippen LogP contribution in [0.2, 0.25) is 10.0 Å². The minimum atomic E-state index is -1.11. The van der Waals surface area contributed by atoms with Crippen LogP contribution in [0.15, 0.2) is 18.2 Å². The Labute approximate surface area is 142 Å². The number of carbonyl (C=O) groups excluding carboxylic acids is 1. The Balaban J connectivity index is 1.69. The molecule has 3 unspecified atom stereocenters. The standard InChI is InChI=1S/C15H15Cl2NO3S/c16-8-1-2-9(12(17)5-8)10-6-11(10)13(19)18-15(14(20)21)3-4-22-7-15/h1-2,5,10-11H,3-4,6-7H2,(H,18,19)(H,20,21). The van der Waals surface area contributed by atoms with Crippen LogP contribution >= 0.6 is 35.0 Å². The zero-order valence-electron chi connectivity index (χ0n) is 11.6. The molecule has 1 amide bonds. The van der Waals surface area contributed by atoms with Crippen molar-refractivity contribution in [3.05, 3.63) is 33.8 Å². The summed E-state index contributed by atoms with van der Waals surface area (Å²) in [7, 11) is 0. The van der Waals surface area contributed by atoms with Gasteiger partial charge in [0.1, 0.15) is 5.54 Å². The van der Waals surface area contributed by atoms with Crippen LogP contribution in [-0.2, 0) is 9.59 Å². The summed E-state index contributed by atoms with van der Waals surface area (Å²) in [6.07, 6.45) is 1.16. The lowest BCUT2D eigenvalue weighted by Gasteiger charge is -2.24. The molecular weight excluding hydrogens is 345 g/mol. The average Bonchev–Trinajstić information content (AvgIpc) is 3.10. The molecule has 2 N–H and O–H groups in total. The first kappa shape index (κ1) is 16.0. The third-order valence-electron chi connectivity index (χ3n) is 4.28. The number of carboxylic acids is 1. The summed E-state index contributed by atoms with van der Waals surface area (Å²) in [5.74, 6) is -0.129. The maximum atomic E-state index is 12.4. The van der Waals surface area contributed by atoms with Gasteiger partial charge in [-0.05, 0) is 42.2 Å².